The molecule has 1 unspecified atom stereocenters. The largest absolute Gasteiger partial charge is 0.335 e. The maximum atomic E-state index is 12.1. The normalized spacial score (nSPS) is 17.8. The molecule has 0 aliphatic carbocycles. The van der Waals surface area contributed by atoms with E-state index in [1.807, 2.05) is 0 Å². The van der Waals surface area contributed by atoms with E-state index in [1.165, 1.54) is 12.2 Å². The SMILES string of the molecule is CC(CCc1ccc(N2C(=O)C=CC2=O)cc1)C(=O)ON1C(=O)CCC1=O. The average Bonchev–Trinajstić information content (AvgIpc) is 3.15. The average molecular weight is 370 g/mol. The van der Waals surface area contributed by atoms with Crippen LogP contribution in [0.2, 0.25) is 0 Å². The van der Waals surface area contributed by atoms with E-state index in [4.69, 9.17) is 4.84 Å². The summed E-state index contributed by atoms with van der Waals surface area (Å²) >= 11 is 0. The molecule has 1 saturated heterocycles. The second kappa shape index (κ2) is 7.53. The predicted octanol–water partition coefficient (Wildman–Crippen LogP) is 1.29. The number of rotatable bonds is 6. The molecule has 1 aromatic rings. The number of carbonyl (C=O) groups excluding carboxylic acids is 5. The van der Waals surface area contributed by atoms with Crippen molar-refractivity contribution in [3.05, 3.63) is 42.0 Å². The van der Waals surface area contributed by atoms with Gasteiger partial charge in [0.15, 0.2) is 0 Å². The molecule has 3 rings (SSSR count). The molecule has 0 radical (unpaired) electrons. The minimum absolute atomic E-state index is 0.0599. The minimum atomic E-state index is -0.630. The van der Waals surface area contributed by atoms with E-state index in [1.54, 1.807) is 31.2 Å². The van der Waals surface area contributed by atoms with Gasteiger partial charge in [-0.2, -0.15) is 0 Å². The quantitative estimate of drug-likeness (QED) is 0.700. The molecule has 2 aliphatic heterocycles. The van der Waals surface area contributed by atoms with Gasteiger partial charge in [-0.1, -0.05) is 19.1 Å². The second-order valence-electron chi connectivity index (χ2n) is 6.44. The molecule has 0 bridgehead atoms. The van der Waals surface area contributed by atoms with Gasteiger partial charge in [-0.15, -0.1) is 5.06 Å². The Morgan fingerprint density at radius 3 is 2.11 bits per heavy atom. The Morgan fingerprint density at radius 2 is 1.56 bits per heavy atom. The molecule has 0 aromatic heterocycles. The van der Waals surface area contributed by atoms with Crippen LogP contribution >= 0.6 is 0 Å². The van der Waals surface area contributed by atoms with Gasteiger partial charge in [0.05, 0.1) is 11.6 Å². The van der Waals surface area contributed by atoms with Crippen LogP contribution < -0.4 is 4.90 Å². The molecule has 140 valence electrons. The number of aryl methyl sites for hydroxylation is 1. The van der Waals surface area contributed by atoms with E-state index in [0.29, 0.717) is 23.6 Å². The van der Waals surface area contributed by atoms with Crippen LogP contribution in [0.25, 0.3) is 0 Å². The highest BCUT2D eigenvalue weighted by Gasteiger charge is 2.34. The molecule has 27 heavy (non-hydrogen) atoms. The number of imide groups is 2. The number of hydroxylamine groups is 2. The molecule has 2 heterocycles. The van der Waals surface area contributed by atoms with Crippen molar-refractivity contribution in [1.29, 1.82) is 0 Å². The Kier molecular flexibility index (Phi) is 5.16. The summed E-state index contributed by atoms with van der Waals surface area (Å²) in [5, 5.41) is 0.547. The Balaban J connectivity index is 1.53. The predicted molar refractivity (Wildman–Crippen MR) is 92.7 cm³/mol. The third-order valence-corrected chi connectivity index (χ3v) is 4.46. The fourth-order valence-electron chi connectivity index (χ4n) is 2.81. The van der Waals surface area contributed by atoms with E-state index in [-0.39, 0.29) is 24.7 Å². The summed E-state index contributed by atoms with van der Waals surface area (Å²) in [4.78, 5) is 64.3. The van der Waals surface area contributed by atoms with E-state index >= 15 is 0 Å². The van der Waals surface area contributed by atoms with Crippen molar-refractivity contribution in [3.63, 3.8) is 0 Å². The summed E-state index contributed by atoms with van der Waals surface area (Å²) in [5.74, 6) is -2.90. The Morgan fingerprint density at radius 1 is 1.00 bits per heavy atom. The molecule has 1 aromatic carbocycles. The zero-order chi connectivity index (χ0) is 19.6. The van der Waals surface area contributed by atoms with Gasteiger partial charge < -0.3 is 4.84 Å². The van der Waals surface area contributed by atoms with Crippen LogP contribution in [0.1, 0.15) is 31.7 Å². The molecule has 0 N–H and O–H groups in total. The molecule has 1 fully saturated rings. The molecule has 0 spiro atoms. The van der Waals surface area contributed by atoms with Gasteiger partial charge in [-0.05, 0) is 30.5 Å². The van der Waals surface area contributed by atoms with E-state index < -0.39 is 23.7 Å². The molecular formula is C19H18N2O6. The third kappa shape index (κ3) is 3.94. The van der Waals surface area contributed by atoms with Gasteiger partial charge in [0.1, 0.15) is 0 Å². The van der Waals surface area contributed by atoms with Crippen LogP contribution in [0.4, 0.5) is 5.69 Å². The summed E-state index contributed by atoms with van der Waals surface area (Å²) in [6.07, 6.45) is 3.57. The molecule has 1 atom stereocenters. The highest BCUT2D eigenvalue weighted by molar-refractivity contribution is 6.28. The first-order chi connectivity index (χ1) is 12.9. The number of amides is 4. The van der Waals surface area contributed by atoms with Crippen molar-refractivity contribution in [1.82, 2.24) is 5.06 Å². The number of nitrogens with zero attached hydrogens (tertiary/aromatic N) is 2. The van der Waals surface area contributed by atoms with Crippen molar-refractivity contribution in [2.45, 2.75) is 32.6 Å². The Labute approximate surface area is 155 Å². The van der Waals surface area contributed by atoms with Gasteiger partial charge >= 0.3 is 5.97 Å². The molecule has 0 saturated carbocycles. The monoisotopic (exact) mass is 370 g/mol. The summed E-state index contributed by atoms with van der Waals surface area (Å²) < 4.78 is 0. The van der Waals surface area contributed by atoms with Crippen molar-refractivity contribution >= 4 is 35.3 Å². The number of benzene rings is 1. The zero-order valence-electron chi connectivity index (χ0n) is 14.7. The van der Waals surface area contributed by atoms with Gasteiger partial charge in [0.25, 0.3) is 23.6 Å². The van der Waals surface area contributed by atoms with Crippen LogP contribution in [-0.2, 0) is 35.2 Å². The van der Waals surface area contributed by atoms with Crippen molar-refractivity contribution < 1.29 is 28.8 Å². The van der Waals surface area contributed by atoms with Crippen molar-refractivity contribution in [3.8, 4) is 0 Å². The van der Waals surface area contributed by atoms with Gasteiger partial charge in [-0.25, -0.2) is 9.69 Å². The summed E-state index contributed by atoms with van der Waals surface area (Å²) in [6, 6.07) is 6.89. The summed E-state index contributed by atoms with van der Waals surface area (Å²) in [7, 11) is 0. The minimum Gasteiger partial charge on any atom is -0.330 e. The topological polar surface area (TPSA) is 101 Å². The van der Waals surface area contributed by atoms with E-state index in [2.05, 4.69) is 0 Å². The van der Waals surface area contributed by atoms with E-state index in [9.17, 15) is 24.0 Å². The lowest BCUT2D eigenvalue weighted by atomic mass is 10.0. The highest BCUT2D eigenvalue weighted by atomic mass is 16.7. The van der Waals surface area contributed by atoms with Crippen LogP contribution in [0, 0.1) is 5.92 Å². The smallest absolute Gasteiger partial charge is 0.330 e. The van der Waals surface area contributed by atoms with E-state index in [0.717, 1.165) is 10.5 Å². The molecule has 8 nitrogen and oxygen atoms in total. The van der Waals surface area contributed by atoms with Gasteiger partial charge in [0.2, 0.25) is 0 Å². The third-order valence-electron chi connectivity index (χ3n) is 4.46. The molecule has 4 amide bonds. The Bertz CT molecular complexity index is 808. The van der Waals surface area contributed by atoms with Gasteiger partial charge in [-0.3, -0.25) is 19.2 Å². The summed E-state index contributed by atoms with van der Waals surface area (Å²) in [6.45, 7) is 1.66. The standard InChI is InChI=1S/C19H18N2O6/c1-12(19(26)27-21-17(24)10-11-18(21)25)2-3-13-4-6-14(7-5-13)20-15(22)8-9-16(20)23/h4-9,12H,2-3,10-11H2,1H3. The lowest BCUT2D eigenvalue weighted by Crippen LogP contribution is -2.34. The summed E-state index contributed by atoms with van der Waals surface area (Å²) in [5.41, 5.74) is 1.40. The molecule has 8 heteroatoms. The zero-order valence-corrected chi connectivity index (χ0v) is 14.7. The lowest BCUT2D eigenvalue weighted by Gasteiger charge is -2.16. The van der Waals surface area contributed by atoms with Crippen molar-refractivity contribution in [2.24, 2.45) is 5.92 Å². The number of hydrogen-bond acceptors (Lipinski definition) is 6. The second-order valence-corrected chi connectivity index (χ2v) is 6.44. The first-order valence-electron chi connectivity index (χ1n) is 8.59. The lowest BCUT2D eigenvalue weighted by molar-refractivity contribution is -0.200. The van der Waals surface area contributed by atoms with Crippen molar-refractivity contribution in [2.75, 3.05) is 4.90 Å². The number of anilines is 1. The fourth-order valence-corrected chi connectivity index (χ4v) is 2.81. The maximum absolute atomic E-state index is 12.1. The van der Waals surface area contributed by atoms with Crippen LogP contribution in [0.15, 0.2) is 36.4 Å². The molecule has 2 aliphatic rings. The van der Waals surface area contributed by atoms with Gasteiger partial charge in [0, 0.05) is 25.0 Å². The van der Waals surface area contributed by atoms with Crippen LogP contribution in [-0.4, -0.2) is 34.7 Å². The van der Waals surface area contributed by atoms with Crippen LogP contribution in [0.3, 0.4) is 0 Å². The maximum Gasteiger partial charge on any atom is 0.335 e. The molecular weight excluding hydrogens is 352 g/mol. The highest BCUT2D eigenvalue weighted by Crippen LogP contribution is 2.21. The fraction of sp³-hybridized carbons (Fsp3) is 0.316. The Hall–Kier alpha value is -3.29. The first kappa shape index (κ1) is 18.5. The van der Waals surface area contributed by atoms with Crippen LogP contribution in [0.5, 0.6) is 0 Å². The first-order valence-corrected chi connectivity index (χ1v) is 8.59. The number of hydrogen-bond donors (Lipinski definition) is 0. The number of carbonyl (C=O) groups is 5.